The van der Waals surface area contributed by atoms with Crippen LogP contribution < -0.4 is 5.73 Å². The van der Waals surface area contributed by atoms with Crippen molar-refractivity contribution in [3.8, 4) is 0 Å². The zero-order chi connectivity index (χ0) is 12.3. The summed E-state index contributed by atoms with van der Waals surface area (Å²) in [6, 6.07) is 4.93. The number of nitrogens with two attached hydrogens (primary N) is 1. The number of halogens is 1. The van der Waals surface area contributed by atoms with Crippen molar-refractivity contribution in [2.24, 2.45) is 5.73 Å². The van der Waals surface area contributed by atoms with Crippen LogP contribution in [0.15, 0.2) is 18.2 Å². The lowest BCUT2D eigenvalue weighted by atomic mass is 9.84. The third-order valence-corrected chi connectivity index (χ3v) is 3.56. The molecule has 94 valence electrons. The molecule has 1 fully saturated rings. The van der Waals surface area contributed by atoms with Gasteiger partial charge in [0.25, 0.3) is 0 Å². The fourth-order valence-electron chi connectivity index (χ4n) is 2.42. The molecular formula is C14H20FNO. The normalized spacial score (nSPS) is 25.6. The smallest absolute Gasteiger partial charge is 0.123 e. The molecule has 2 nitrogen and oxygen atoms in total. The summed E-state index contributed by atoms with van der Waals surface area (Å²) in [6.07, 6.45) is 3.52. The predicted molar refractivity (Wildman–Crippen MR) is 66.4 cm³/mol. The van der Waals surface area contributed by atoms with Crippen molar-refractivity contribution in [3.05, 3.63) is 35.1 Å². The van der Waals surface area contributed by atoms with E-state index in [0.29, 0.717) is 6.61 Å². The minimum atomic E-state index is -0.241. The molecule has 17 heavy (non-hydrogen) atoms. The molecule has 2 N–H and O–H groups in total. The topological polar surface area (TPSA) is 35.2 Å². The summed E-state index contributed by atoms with van der Waals surface area (Å²) in [5.74, 6) is -0.181. The quantitative estimate of drug-likeness (QED) is 0.858. The number of hydrogen-bond donors (Lipinski definition) is 1. The van der Waals surface area contributed by atoms with Crippen LogP contribution in [0.2, 0.25) is 0 Å². The Bertz CT molecular complexity index is 384. The molecule has 0 bridgehead atoms. The van der Waals surface area contributed by atoms with Gasteiger partial charge in [-0.25, -0.2) is 4.39 Å². The van der Waals surface area contributed by atoms with E-state index in [9.17, 15) is 4.39 Å². The van der Waals surface area contributed by atoms with Crippen molar-refractivity contribution >= 4 is 0 Å². The Hall–Kier alpha value is -0.930. The number of rotatable bonds is 2. The molecule has 0 amide bonds. The van der Waals surface area contributed by atoms with E-state index in [1.807, 2.05) is 13.0 Å². The molecule has 0 aromatic heterocycles. The summed E-state index contributed by atoms with van der Waals surface area (Å²) in [5, 5.41) is 0. The van der Waals surface area contributed by atoms with Crippen LogP contribution in [0.1, 0.15) is 30.4 Å². The van der Waals surface area contributed by atoms with Gasteiger partial charge in [-0.1, -0.05) is 6.07 Å². The monoisotopic (exact) mass is 237 g/mol. The van der Waals surface area contributed by atoms with Gasteiger partial charge in [0.1, 0.15) is 5.82 Å². The number of ether oxygens (including phenoxy) is 1. The second kappa shape index (κ2) is 5.15. The lowest BCUT2D eigenvalue weighted by Crippen LogP contribution is -2.42. The largest absolute Gasteiger partial charge is 0.381 e. The Balaban J connectivity index is 2.15. The Kier molecular flexibility index (Phi) is 3.79. The van der Waals surface area contributed by atoms with Gasteiger partial charge in [-0.3, -0.25) is 0 Å². The summed E-state index contributed by atoms with van der Waals surface area (Å²) in [5.41, 5.74) is 8.30. The van der Waals surface area contributed by atoms with Gasteiger partial charge >= 0.3 is 0 Å². The number of benzene rings is 1. The van der Waals surface area contributed by atoms with E-state index >= 15 is 0 Å². The van der Waals surface area contributed by atoms with E-state index in [1.165, 1.54) is 6.07 Å². The van der Waals surface area contributed by atoms with Crippen molar-refractivity contribution in [1.29, 1.82) is 0 Å². The highest BCUT2D eigenvalue weighted by atomic mass is 19.1. The third-order valence-electron chi connectivity index (χ3n) is 3.56. The van der Waals surface area contributed by atoms with Crippen LogP contribution in [0.3, 0.4) is 0 Å². The van der Waals surface area contributed by atoms with Gasteiger partial charge in [-0.2, -0.15) is 0 Å². The standard InChI is InChI=1S/C14H20FNO/c1-11-3-4-13(15)9-12(11)10-14(16)5-2-7-17-8-6-14/h3-4,9H,2,5-8,10,16H2,1H3. The van der Waals surface area contributed by atoms with Crippen LogP contribution >= 0.6 is 0 Å². The summed E-state index contributed by atoms with van der Waals surface area (Å²) in [6.45, 7) is 3.51. The first-order valence-corrected chi connectivity index (χ1v) is 6.21. The Morgan fingerprint density at radius 2 is 2.18 bits per heavy atom. The highest BCUT2D eigenvalue weighted by molar-refractivity contribution is 5.28. The summed E-state index contributed by atoms with van der Waals surface area (Å²) < 4.78 is 18.7. The molecule has 2 rings (SSSR count). The van der Waals surface area contributed by atoms with E-state index in [2.05, 4.69) is 0 Å². The molecule has 0 spiro atoms. The molecule has 1 aromatic carbocycles. The average Bonchev–Trinajstić information content (AvgIpc) is 2.49. The van der Waals surface area contributed by atoms with E-state index in [1.54, 1.807) is 6.07 Å². The SMILES string of the molecule is Cc1ccc(F)cc1CC1(N)CCCOCC1. The molecule has 0 saturated carbocycles. The maximum absolute atomic E-state index is 13.2. The summed E-state index contributed by atoms with van der Waals surface area (Å²) in [4.78, 5) is 0. The molecule has 1 aromatic rings. The molecule has 1 heterocycles. The average molecular weight is 237 g/mol. The van der Waals surface area contributed by atoms with Crippen molar-refractivity contribution in [2.45, 2.75) is 38.1 Å². The van der Waals surface area contributed by atoms with Crippen molar-refractivity contribution in [1.82, 2.24) is 0 Å². The molecule has 0 radical (unpaired) electrons. The Morgan fingerprint density at radius 3 is 3.00 bits per heavy atom. The molecule has 1 aliphatic heterocycles. The van der Waals surface area contributed by atoms with Gasteiger partial charge < -0.3 is 10.5 Å². The van der Waals surface area contributed by atoms with Gasteiger partial charge in [0, 0.05) is 18.8 Å². The highest BCUT2D eigenvalue weighted by Crippen LogP contribution is 2.25. The van der Waals surface area contributed by atoms with E-state index in [0.717, 1.165) is 43.4 Å². The van der Waals surface area contributed by atoms with Gasteiger partial charge in [-0.05, 0) is 55.9 Å². The van der Waals surface area contributed by atoms with Gasteiger partial charge in [0.2, 0.25) is 0 Å². The summed E-state index contributed by atoms with van der Waals surface area (Å²) >= 11 is 0. The molecule has 3 heteroatoms. The number of aryl methyl sites for hydroxylation is 1. The Morgan fingerprint density at radius 1 is 1.35 bits per heavy atom. The van der Waals surface area contributed by atoms with Gasteiger partial charge in [-0.15, -0.1) is 0 Å². The fourth-order valence-corrected chi connectivity index (χ4v) is 2.42. The van der Waals surface area contributed by atoms with E-state index in [-0.39, 0.29) is 11.4 Å². The molecular weight excluding hydrogens is 217 g/mol. The van der Waals surface area contributed by atoms with Crippen molar-refractivity contribution < 1.29 is 9.13 Å². The molecule has 1 unspecified atom stereocenters. The third kappa shape index (κ3) is 3.27. The first kappa shape index (κ1) is 12.5. The fraction of sp³-hybridized carbons (Fsp3) is 0.571. The maximum atomic E-state index is 13.2. The maximum Gasteiger partial charge on any atom is 0.123 e. The van der Waals surface area contributed by atoms with Gasteiger partial charge in [0.05, 0.1) is 0 Å². The van der Waals surface area contributed by atoms with Crippen LogP contribution in [-0.2, 0) is 11.2 Å². The highest BCUT2D eigenvalue weighted by Gasteiger charge is 2.27. The molecule has 1 aliphatic rings. The second-order valence-electron chi connectivity index (χ2n) is 5.08. The molecule has 0 aliphatic carbocycles. The lowest BCUT2D eigenvalue weighted by molar-refractivity contribution is 0.139. The van der Waals surface area contributed by atoms with Crippen LogP contribution in [0.4, 0.5) is 4.39 Å². The zero-order valence-electron chi connectivity index (χ0n) is 10.3. The van der Waals surface area contributed by atoms with Gasteiger partial charge in [0.15, 0.2) is 0 Å². The van der Waals surface area contributed by atoms with Crippen LogP contribution in [0, 0.1) is 12.7 Å². The first-order valence-electron chi connectivity index (χ1n) is 6.21. The van der Waals surface area contributed by atoms with E-state index < -0.39 is 0 Å². The zero-order valence-corrected chi connectivity index (χ0v) is 10.3. The summed E-state index contributed by atoms with van der Waals surface area (Å²) in [7, 11) is 0. The lowest BCUT2D eigenvalue weighted by Gasteiger charge is -2.28. The van der Waals surface area contributed by atoms with Crippen LogP contribution in [0.25, 0.3) is 0 Å². The predicted octanol–water partition coefficient (Wildman–Crippen LogP) is 2.57. The number of hydrogen-bond acceptors (Lipinski definition) is 2. The van der Waals surface area contributed by atoms with Crippen LogP contribution in [0.5, 0.6) is 0 Å². The van der Waals surface area contributed by atoms with Crippen molar-refractivity contribution in [2.75, 3.05) is 13.2 Å². The molecule has 1 saturated heterocycles. The van der Waals surface area contributed by atoms with Crippen molar-refractivity contribution in [3.63, 3.8) is 0 Å². The minimum absolute atomic E-state index is 0.181. The minimum Gasteiger partial charge on any atom is -0.381 e. The Labute approximate surface area is 102 Å². The van der Waals surface area contributed by atoms with E-state index in [4.69, 9.17) is 10.5 Å². The first-order chi connectivity index (χ1) is 8.09. The van der Waals surface area contributed by atoms with Crippen LogP contribution in [-0.4, -0.2) is 18.8 Å². The second-order valence-corrected chi connectivity index (χ2v) is 5.08. The molecule has 1 atom stereocenters.